The van der Waals surface area contributed by atoms with E-state index in [1.807, 2.05) is 97.2 Å². The second kappa shape index (κ2) is 12.4. The van der Waals surface area contributed by atoms with Crippen LogP contribution in [-0.4, -0.2) is 41.1 Å². The zero-order valence-electron chi connectivity index (χ0n) is 23.0. The molecule has 0 spiro atoms. The van der Waals surface area contributed by atoms with Crippen molar-refractivity contribution in [2.75, 3.05) is 13.2 Å². The van der Waals surface area contributed by atoms with Gasteiger partial charge in [0.25, 0.3) is 5.91 Å². The van der Waals surface area contributed by atoms with Crippen LogP contribution < -0.4 is 0 Å². The maximum Gasteiger partial charge on any atom is 0.276 e. The molecule has 1 aliphatic heterocycles. The molecule has 0 atom stereocenters. The lowest BCUT2D eigenvalue weighted by molar-refractivity contribution is -0.126. The van der Waals surface area contributed by atoms with E-state index in [4.69, 9.17) is 0 Å². The minimum absolute atomic E-state index is 0.137. The molecule has 0 saturated heterocycles. The Hall–Kier alpha value is -5.39. The molecule has 0 fully saturated rings. The lowest BCUT2D eigenvalue weighted by atomic mass is 9.98. The molecule has 0 saturated carbocycles. The molecule has 5 aromatic carbocycles. The molecule has 0 bridgehead atoms. The van der Waals surface area contributed by atoms with Gasteiger partial charge < -0.3 is 5.11 Å². The molecular weight excluding hydrogens is 518 g/mol. The zero-order valence-corrected chi connectivity index (χ0v) is 23.0. The highest BCUT2D eigenvalue weighted by Gasteiger charge is 2.30. The number of carbonyl (C=O) groups is 1. The summed E-state index contributed by atoms with van der Waals surface area (Å²) in [5.41, 5.74) is 9.16. The molecule has 204 valence electrons. The number of hydrogen-bond acceptors (Lipinski definition) is 4. The number of aliphatic hydroxyl groups excluding tert-OH is 1. The first kappa shape index (κ1) is 26.8. The van der Waals surface area contributed by atoms with Gasteiger partial charge >= 0.3 is 0 Å². The first-order chi connectivity index (χ1) is 20.7. The molecule has 5 heteroatoms. The van der Waals surface area contributed by atoms with Crippen LogP contribution in [0.4, 0.5) is 5.69 Å². The molecule has 5 aromatic rings. The van der Waals surface area contributed by atoms with Gasteiger partial charge in [-0.2, -0.15) is 5.10 Å². The van der Waals surface area contributed by atoms with Crippen LogP contribution in [0.3, 0.4) is 0 Å². The minimum Gasteiger partial charge on any atom is -0.394 e. The third-order valence-corrected chi connectivity index (χ3v) is 7.10. The Morgan fingerprint density at radius 1 is 0.619 bits per heavy atom. The molecule has 0 unspecified atom stereocenters. The number of aliphatic hydroxyl groups is 1. The summed E-state index contributed by atoms with van der Waals surface area (Å²) in [6.45, 7) is -0.0282. The Bertz CT molecular complexity index is 1760. The van der Waals surface area contributed by atoms with Crippen molar-refractivity contribution in [3.05, 3.63) is 156 Å². The van der Waals surface area contributed by atoms with Gasteiger partial charge in [0.2, 0.25) is 0 Å². The fourth-order valence-electron chi connectivity index (χ4n) is 4.87. The topological polar surface area (TPSA) is 65.3 Å². The van der Waals surface area contributed by atoms with E-state index in [-0.39, 0.29) is 19.1 Å². The summed E-state index contributed by atoms with van der Waals surface area (Å²) in [5.74, 6) is -0.229. The number of carbonyl (C=O) groups excluding carboxylic acids is 1. The summed E-state index contributed by atoms with van der Waals surface area (Å²) < 4.78 is 0. The highest BCUT2D eigenvalue weighted by Crippen LogP contribution is 2.26. The standard InChI is InChI=1S/C37H29N3O2/c41-24-23-40-37(42)35(25-27-11-15-31(16-12-27)29-7-3-1-4-8-29)36(39-40)33-19-21-34(22-20-33)38-26-28-13-17-32(18-14-28)30-9-5-2-6-10-30/h1-22,25-26,41H,23-24H2. The fourth-order valence-corrected chi connectivity index (χ4v) is 4.87. The molecule has 0 aromatic heterocycles. The largest absolute Gasteiger partial charge is 0.394 e. The van der Waals surface area contributed by atoms with E-state index >= 15 is 0 Å². The molecule has 5 nitrogen and oxygen atoms in total. The van der Waals surface area contributed by atoms with Gasteiger partial charge in [-0.05, 0) is 51.6 Å². The average molecular weight is 548 g/mol. The van der Waals surface area contributed by atoms with Crippen molar-refractivity contribution in [2.24, 2.45) is 10.1 Å². The van der Waals surface area contributed by atoms with Gasteiger partial charge in [0.15, 0.2) is 0 Å². The van der Waals surface area contributed by atoms with Gasteiger partial charge in [-0.15, -0.1) is 0 Å². The molecule has 1 amide bonds. The predicted molar refractivity (Wildman–Crippen MR) is 171 cm³/mol. The number of amides is 1. The minimum atomic E-state index is -0.229. The van der Waals surface area contributed by atoms with Crippen molar-refractivity contribution in [1.29, 1.82) is 0 Å². The van der Waals surface area contributed by atoms with Crippen molar-refractivity contribution >= 4 is 29.6 Å². The van der Waals surface area contributed by atoms with Crippen LogP contribution in [0.15, 0.2) is 149 Å². The van der Waals surface area contributed by atoms with Crippen molar-refractivity contribution in [3.63, 3.8) is 0 Å². The van der Waals surface area contributed by atoms with Crippen LogP contribution >= 0.6 is 0 Å². The summed E-state index contributed by atoms with van der Waals surface area (Å²) in [6.07, 6.45) is 3.70. The third-order valence-electron chi connectivity index (χ3n) is 7.10. The lowest BCUT2D eigenvalue weighted by Crippen LogP contribution is -2.25. The van der Waals surface area contributed by atoms with Gasteiger partial charge in [-0.3, -0.25) is 9.79 Å². The molecular formula is C37H29N3O2. The summed E-state index contributed by atoms with van der Waals surface area (Å²) >= 11 is 0. The Labute approximate surface area is 245 Å². The van der Waals surface area contributed by atoms with Gasteiger partial charge in [-0.1, -0.05) is 121 Å². The number of aliphatic imine (C=N–C) groups is 1. The van der Waals surface area contributed by atoms with Crippen LogP contribution in [0.25, 0.3) is 28.3 Å². The van der Waals surface area contributed by atoms with Gasteiger partial charge in [0.1, 0.15) is 5.71 Å². The van der Waals surface area contributed by atoms with Crippen molar-refractivity contribution in [1.82, 2.24) is 5.01 Å². The van der Waals surface area contributed by atoms with E-state index in [9.17, 15) is 9.90 Å². The van der Waals surface area contributed by atoms with E-state index < -0.39 is 0 Å². The summed E-state index contributed by atoms with van der Waals surface area (Å²) in [7, 11) is 0. The van der Waals surface area contributed by atoms with Crippen LogP contribution in [0.1, 0.15) is 16.7 Å². The number of nitrogens with zero attached hydrogens (tertiary/aromatic N) is 3. The van der Waals surface area contributed by atoms with Crippen LogP contribution in [0, 0.1) is 0 Å². The zero-order chi connectivity index (χ0) is 28.7. The average Bonchev–Trinajstić information content (AvgIpc) is 3.36. The van der Waals surface area contributed by atoms with E-state index in [0.29, 0.717) is 11.3 Å². The van der Waals surface area contributed by atoms with Gasteiger partial charge in [0, 0.05) is 11.8 Å². The summed E-state index contributed by atoms with van der Waals surface area (Å²) in [6, 6.07) is 44.5. The molecule has 0 radical (unpaired) electrons. The number of β-amino-alcohol motifs (C(OH)–C–C–N with tert-alkyl or cyclic N) is 1. The maximum absolute atomic E-state index is 13.2. The van der Waals surface area contributed by atoms with E-state index in [0.717, 1.165) is 39.1 Å². The quantitative estimate of drug-likeness (QED) is 0.163. The van der Waals surface area contributed by atoms with Crippen LogP contribution in [-0.2, 0) is 4.79 Å². The molecule has 1 N–H and O–H groups in total. The second-order valence-electron chi connectivity index (χ2n) is 9.94. The maximum atomic E-state index is 13.2. The van der Waals surface area contributed by atoms with E-state index in [1.165, 1.54) is 10.6 Å². The second-order valence-corrected chi connectivity index (χ2v) is 9.94. The molecule has 42 heavy (non-hydrogen) atoms. The monoisotopic (exact) mass is 547 g/mol. The first-order valence-electron chi connectivity index (χ1n) is 13.9. The number of benzene rings is 5. The number of hydrogen-bond donors (Lipinski definition) is 1. The van der Waals surface area contributed by atoms with Crippen LogP contribution in [0.2, 0.25) is 0 Å². The van der Waals surface area contributed by atoms with Crippen molar-refractivity contribution in [2.45, 2.75) is 0 Å². The van der Waals surface area contributed by atoms with E-state index in [2.05, 4.69) is 58.6 Å². The molecule has 1 heterocycles. The Morgan fingerprint density at radius 3 is 1.67 bits per heavy atom. The first-order valence-corrected chi connectivity index (χ1v) is 13.9. The number of hydrazone groups is 1. The number of rotatable bonds is 8. The molecule has 0 aliphatic carbocycles. The Morgan fingerprint density at radius 2 is 1.12 bits per heavy atom. The summed E-state index contributed by atoms with van der Waals surface area (Å²) in [4.78, 5) is 17.9. The Balaban J connectivity index is 1.21. The van der Waals surface area contributed by atoms with Gasteiger partial charge in [-0.25, -0.2) is 5.01 Å². The van der Waals surface area contributed by atoms with Crippen molar-refractivity contribution in [3.8, 4) is 22.3 Å². The summed E-state index contributed by atoms with van der Waals surface area (Å²) in [5, 5.41) is 15.4. The highest BCUT2D eigenvalue weighted by molar-refractivity contribution is 6.33. The normalized spacial score (nSPS) is 14.1. The smallest absolute Gasteiger partial charge is 0.276 e. The van der Waals surface area contributed by atoms with Crippen molar-refractivity contribution < 1.29 is 9.90 Å². The lowest BCUT2D eigenvalue weighted by Gasteiger charge is -2.08. The Kier molecular flexibility index (Phi) is 7.93. The molecule has 6 rings (SSSR count). The third kappa shape index (κ3) is 6.02. The predicted octanol–water partition coefficient (Wildman–Crippen LogP) is 7.39. The van der Waals surface area contributed by atoms with Crippen LogP contribution in [0.5, 0.6) is 0 Å². The highest BCUT2D eigenvalue weighted by atomic mass is 16.3. The molecule has 1 aliphatic rings. The van der Waals surface area contributed by atoms with E-state index in [1.54, 1.807) is 0 Å². The SMILES string of the molecule is O=C1C(=Cc2ccc(-c3ccccc3)cc2)C(c2ccc(N=Cc3ccc(-c4ccccc4)cc3)cc2)=NN1CCO. The fraction of sp³-hybridized carbons (Fsp3) is 0.0541. The van der Waals surface area contributed by atoms with Gasteiger partial charge in [0.05, 0.1) is 24.4 Å².